The van der Waals surface area contributed by atoms with E-state index in [1.54, 1.807) is 23.9 Å². The number of carbonyl (C=O) groups is 1. The minimum absolute atomic E-state index is 0.202. The lowest BCUT2D eigenvalue weighted by Gasteiger charge is -2.28. The van der Waals surface area contributed by atoms with Gasteiger partial charge in [-0.3, -0.25) is 4.79 Å². The molecule has 2 rings (SSSR count). The summed E-state index contributed by atoms with van der Waals surface area (Å²) in [6.45, 7) is 0. The molecule has 1 aliphatic rings. The summed E-state index contributed by atoms with van der Waals surface area (Å²) in [6.07, 6.45) is 3.93. The molecule has 2 nitrogen and oxygen atoms in total. The summed E-state index contributed by atoms with van der Waals surface area (Å²) >= 11 is 1.63. The van der Waals surface area contributed by atoms with E-state index in [2.05, 4.69) is 0 Å². The van der Waals surface area contributed by atoms with Gasteiger partial charge in [-0.05, 0) is 43.0 Å². The third-order valence-corrected chi connectivity index (χ3v) is 4.70. The molecule has 0 aliphatic heterocycles. The maximum absolute atomic E-state index is 12.8. The normalized spacial score (nSPS) is 23.8. The van der Waals surface area contributed by atoms with E-state index in [4.69, 9.17) is 0 Å². The number of hydrogen-bond donors (Lipinski definition) is 1. The molecule has 1 aromatic carbocycles. The van der Waals surface area contributed by atoms with Crippen LogP contribution in [-0.4, -0.2) is 16.8 Å². The second kappa shape index (κ2) is 6.23. The van der Waals surface area contributed by atoms with Crippen LogP contribution in [0.4, 0.5) is 4.39 Å². The minimum atomic E-state index is -0.667. The van der Waals surface area contributed by atoms with Crippen LogP contribution in [0.5, 0.6) is 0 Å². The molecule has 1 aliphatic carbocycles. The van der Waals surface area contributed by atoms with E-state index in [0.29, 0.717) is 0 Å². The molecule has 2 unspecified atom stereocenters. The van der Waals surface area contributed by atoms with Gasteiger partial charge in [-0.1, -0.05) is 12.8 Å². The van der Waals surface area contributed by atoms with E-state index in [9.17, 15) is 14.3 Å². The van der Waals surface area contributed by atoms with Crippen molar-refractivity contribution in [3.05, 3.63) is 30.1 Å². The van der Waals surface area contributed by atoms with Crippen LogP contribution in [0.1, 0.15) is 25.7 Å². The zero-order valence-corrected chi connectivity index (χ0v) is 11.0. The molecule has 1 aromatic rings. The number of hydrogen-bond acceptors (Lipinski definition) is 2. The molecule has 0 spiro atoms. The second-order valence-electron chi connectivity index (χ2n) is 4.75. The predicted molar refractivity (Wildman–Crippen MR) is 70.2 cm³/mol. The third kappa shape index (κ3) is 3.48. The standard InChI is InChI=1S/C14H17FO2S/c15-11-5-7-12(8-6-11)18-9-10-3-1-2-4-13(10)14(16)17/h5-8,10,13H,1-4,9H2,(H,16,17). The summed E-state index contributed by atoms with van der Waals surface area (Å²) < 4.78 is 12.8. The molecule has 1 N–H and O–H groups in total. The van der Waals surface area contributed by atoms with Crippen LogP contribution >= 0.6 is 11.8 Å². The maximum Gasteiger partial charge on any atom is 0.306 e. The number of rotatable bonds is 4. The lowest BCUT2D eigenvalue weighted by molar-refractivity contribution is -0.144. The van der Waals surface area contributed by atoms with Crippen molar-refractivity contribution in [1.29, 1.82) is 0 Å². The topological polar surface area (TPSA) is 37.3 Å². The second-order valence-corrected chi connectivity index (χ2v) is 5.85. The molecule has 0 saturated heterocycles. The van der Waals surface area contributed by atoms with Gasteiger partial charge in [-0.15, -0.1) is 11.8 Å². The maximum atomic E-state index is 12.8. The van der Waals surface area contributed by atoms with Crippen LogP contribution in [0.15, 0.2) is 29.2 Å². The molecule has 1 fully saturated rings. The van der Waals surface area contributed by atoms with E-state index in [0.717, 1.165) is 36.3 Å². The van der Waals surface area contributed by atoms with Gasteiger partial charge >= 0.3 is 5.97 Å². The Morgan fingerprint density at radius 3 is 2.61 bits per heavy atom. The molecular formula is C14H17FO2S. The molecule has 0 aromatic heterocycles. The van der Waals surface area contributed by atoms with Crippen LogP contribution in [0.25, 0.3) is 0 Å². The first kappa shape index (κ1) is 13.4. The smallest absolute Gasteiger partial charge is 0.306 e. The van der Waals surface area contributed by atoms with Crippen LogP contribution in [-0.2, 0) is 4.79 Å². The van der Waals surface area contributed by atoms with E-state index < -0.39 is 5.97 Å². The first-order valence-electron chi connectivity index (χ1n) is 6.28. The number of benzene rings is 1. The summed E-state index contributed by atoms with van der Waals surface area (Å²) in [5, 5.41) is 9.18. The summed E-state index contributed by atoms with van der Waals surface area (Å²) in [7, 11) is 0. The van der Waals surface area contributed by atoms with Crippen molar-refractivity contribution in [2.24, 2.45) is 11.8 Å². The number of carboxylic acid groups (broad SMARTS) is 1. The highest BCUT2D eigenvalue weighted by molar-refractivity contribution is 7.99. The highest BCUT2D eigenvalue weighted by atomic mass is 32.2. The van der Waals surface area contributed by atoms with Gasteiger partial charge in [0.05, 0.1) is 5.92 Å². The largest absolute Gasteiger partial charge is 0.481 e. The highest BCUT2D eigenvalue weighted by Gasteiger charge is 2.30. The van der Waals surface area contributed by atoms with E-state index in [1.165, 1.54) is 12.1 Å². The van der Waals surface area contributed by atoms with Crippen molar-refractivity contribution < 1.29 is 14.3 Å². The average Bonchev–Trinajstić information content (AvgIpc) is 2.38. The first-order valence-corrected chi connectivity index (χ1v) is 7.26. The van der Waals surface area contributed by atoms with Crippen molar-refractivity contribution in [2.45, 2.75) is 30.6 Å². The number of thioether (sulfide) groups is 1. The number of aliphatic carboxylic acids is 1. The molecule has 0 bridgehead atoms. The lowest BCUT2D eigenvalue weighted by Crippen LogP contribution is -2.28. The number of halogens is 1. The molecule has 0 heterocycles. The number of carboxylic acids is 1. The Bertz CT molecular complexity index is 405. The molecular weight excluding hydrogens is 251 g/mol. The van der Waals surface area contributed by atoms with Crippen molar-refractivity contribution in [3.8, 4) is 0 Å². The van der Waals surface area contributed by atoms with E-state index >= 15 is 0 Å². The quantitative estimate of drug-likeness (QED) is 0.844. The van der Waals surface area contributed by atoms with Crippen molar-refractivity contribution >= 4 is 17.7 Å². The van der Waals surface area contributed by atoms with Gasteiger partial charge in [0.2, 0.25) is 0 Å². The van der Waals surface area contributed by atoms with Gasteiger partial charge in [0.15, 0.2) is 0 Å². The molecule has 1 saturated carbocycles. The third-order valence-electron chi connectivity index (χ3n) is 3.50. The van der Waals surface area contributed by atoms with Crippen molar-refractivity contribution in [3.63, 3.8) is 0 Å². The fourth-order valence-corrected chi connectivity index (χ4v) is 3.60. The Morgan fingerprint density at radius 2 is 1.94 bits per heavy atom. The van der Waals surface area contributed by atoms with Crippen LogP contribution in [0.2, 0.25) is 0 Å². The summed E-state index contributed by atoms with van der Waals surface area (Å²) in [5.74, 6) is -0.0550. The van der Waals surface area contributed by atoms with Crippen molar-refractivity contribution in [1.82, 2.24) is 0 Å². The summed E-state index contributed by atoms with van der Waals surface area (Å²) in [4.78, 5) is 12.2. The zero-order chi connectivity index (χ0) is 13.0. The van der Waals surface area contributed by atoms with Crippen LogP contribution in [0.3, 0.4) is 0 Å². The van der Waals surface area contributed by atoms with Gasteiger partial charge in [0, 0.05) is 10.6 Å². The Hall–Kier alpha value is -1.03. The lowest BCUT2D eigenvalue weighted by atomic mass is 9.80. The molecule has 4 heteroatoms. The molecule has 2 atom stereocenters. The average molecular weight is 268 g/mol. The molecule has 0 amide bonds. The monoisotopic (exact) mass is 268 g/mol. The van der Waals surface area contributed by atoms with Gasteiger partial charge < -0.3 is 5.11 Å². The predicted octanol–water partition coefficient (Wildman–Crippen LogP) is 3.81. The summed E-state index contributed by atoms with van der Waals surface area (Å²) in [6, 6.07) is 6.38. The highest BCUT2D eigenvalue weighted by Crippen LogP contribution is 2.34. The molecule has 98 valence electrons. The fourth-order valence-electron chi connectivity index (χ4n) is 2.47. The zero-order valence-electron chi connectivity index (χ0n) is 10.1. The van der Waals surface area contributed by atoms with Gasteiger partial charge in [-0.2, -0.15) is 0 Å². The van der Waals surface area contributed by atoms with Crippen LogP contribution < -0.4 is 0 Å². The van der Waals surface area contributed by atoms with E-state index in [1.807, 2.05) is 0 Å². The fraction of sp³-hybridized carbons (Fsp3) is 0.500. The SMILES string of the molecule is O=C(O)C1CCCCC1CSc1ccc(F)cc1. The van der Waals surface area contributed by atoms with Gasteiger partial charge in [-0.25, -0.2) is 4.39 Å². The Balaban J connectivity index is 1.91. The van der Waals surface area contributed by atoms with Gasteiger partial charge in [0.1, 0.15) is 5.82 Å². The molecule has 0 radical (unpaired) electrons. The summed E-state index contributed by atoms with van der Waals surface area (Å²) in [5.41, 5.74) is 0. The minimum Gasteiger partial charge on any atom is -0.481 e. The van der Waals surface area contributed by atoms with Crippen molar-refractivity contribution in [2.75, 3.05) is 5.75 Å². The van der Waals surface area contributed by atoms with Crippen LogP contribution in [0, 0.1) is 17.7 Å². The Labute approximate surface area is 111 Å². The Kier molecular flexibility index (Phi) is 4.64. The molecule has 18 heavy (non-hydrogen) atoms. The Morgan fingerprint density at radius 1 is 1.28 bits per heavy atom. The first-order chi connectivity index (χ1) is 8.66. The van der Waals surface area contributed by atoms with E-state index in [-0.39, 0.29) is 17.7 Å². The van der Waals surface area contributed by atoms with Gasteiger partial charge in [0.25, 0.3) is 0 Å².